The highest BCUT2D eigenvalue weighted by Crippen LogP contribution is 2.60. The van der Waals surface area contributed by atoms with Crippen molar-refractivity contribution in [2.45, 2.75) is 68.4 Å². The standard InChI is InChI=1S/C15H19F3N2O2/c16-15(17,18)14(7-8-14)11-19-10(20-22-11)13-4-1-12(9-21,2-5-13)3-6-13/h21H,1-9H2. The van der Waals surface area contributed by atoms with Crippen LogP contribution in [0.15, 0.2) is 4.52 Å². The molecule has 0 atom stereocenters. The van der Waals surface area contributed by atoms with Gasteiger partial charge < -0.3 is 9.63 Å². The number of aliphatic hydroxyl groups is 1. The van der Waals surface area contributed by atoms with E-state index in [1.165, 1.54) is 0 Å². The van der Waals surface area contributed by atoms with Crippen LogP contribution in [-0.4, -0.2) is 28.0 Å². The van der Waals surface area contributed by atoms with Crippen molar-refractivity contribution >= 4 is 0 Å². The fraction of sp³-hybridized carbons (Fsp3) is 0.867. The summed E-state index contributed by atoms with van der Waals surface area (Å²) in [7, 11) is 0. The van der Waals surface area contributed by atoms with E-state index in [2.05, 4.69) is 10.1 Å². The van der Waals surface area contributed by atoms with Gasteiger partial charge in [0.2, 0.25) is 5.89 Å². The predicted molar refractivity (Wildman–Crippen MR) is 70.2 cm³/mol. The van der Waals surface area contributed by atoms with Gasteiger partial charge in [0, 0.05) is 12.0 Å². The molecule has 4 fully saturated rings. The van der Waals surface area contributed by atoms with Crippen molar-refractivity contribution in [2.75, 3.05) is 6.61 Å². The zero-order valence-electron chi connectivity index (χ0n) is 12.2. The van der Waals surface area contributed by atoms with Crippen LogP contribution in [0.5, 0.6) is 0 Å². The Kier molecular flexibility index (Phi) is 2.79. The summed E-state index contributed by atoms with van der Waals surface area (Å²) in [6.45, 7) is 0.192. The first kappa shape index (κ1) is 14.5. The Morgan fingerprint density at radius 2 is 1.59 bits per heavy atom. The molecule has 0 unspecified atom stereocenters. The summed E-state index contributed by atoms with van der Waals surface area (Å²) < 4.78 is 44.5. The molecule has 0 radical (unpaired) electrons. The molecular formula is C15H19F3N2O2. The van der Waals surface area contributed by atoms with Gasteiger partial charge in [-0.25, -0.2) is 0 Å². The number of aliphatic hydroxyl groups excluding tert-OH is 1. The van der Waals surface area contributed by atoms with E-state index in [-0.39, 0.29) is 36.2 Å². The summed E-state index contributed by atoms with van der Waals surface area (Å²) in [6.07, 6.45) is 0.896. The van der Waals surface area contributed by atoms with Crippen LogP contribution < -0.4 is 0 Å². The molecule has 4 aliphatic rings. The molecule has 4 saturated carbocycles. The van der Waals surface area contributed by atoms with E-state index in [4.69, 9.17) is 4.52 Å². The third-order valence-electron chi connectivity index (χ3n) is 6.34. The van der Waals surface area contributed by atoms with Crippen molar-refractivity contribution in [3.63, 3.8) is 0 Å². The van der Waals surface area contributed by atoms with Gasteiger partial charge in [0.15, 0.2) is 5.82 Å². The Morgan fingerprint density at radius 1 is 1.00 bits per heavy atom. The smallest absolute Gasteiger partial charge is 0.396 e. The molecule has 1 aromatic heterocycles. The Balaban J connectivity index is 1.61. The summed E-state index contributed by atoms with van der Waals surface area (Å²) in [4.78, 5) is 4.19. The molecule has 1 heterocycles. The first-order valence-corrected chi connectivity index (χ1v) is 7.87. The third kappa shape index (κ3) is 1.80. The van der Waals surface area contributed by atoms with Crippen LogP contribution in [0.3, 0.4) is 0 Å². The highest BCUT2D eigenvalue weighted by atomic mass is 19.4. The highest BCUT2D eigenvalue weighted by Gasteiger charge is 2.68. The van der Waals surface area contributed by atoms with E-state index in [0.29, 0.717) is 5.82 Å². The molecule has 22 heavy (non-hydrogen) atoms. The molecule has 4 nitrogen and oxygen atoms in total. The Hall–Kier alpha value is -1.11. The fourth-order valence-electron chi connectivity index (χ4n) is 4.21. The average molecular weight is 316 g/mol. The van der Waals surface area contributed by atoms with Crippen molar-refractivity contribution in [1.82, 2.24) is 10.1 Å². The minimum absolute atomic E-state index is 0.0119. The molecule has 0 aromatic carbocycles. The predicted octanol–water partition coefficient (Wildman–Crippen LogP) is 3.25. The number of alkyl halides is 3. The van der Waals surface area contributed by atoms with E-state index in [0.717, 1.165) is 38.5 Å². The quantitative estimate of drug-likeness (QED) is 0.930. The number of hydrogen-bond acceptors (Lipinski definition) is 4. The molecule has 0 saturated heterocycles. The molecule has 5 rings (SSSR count). The van der Waals surface area contributed by atoms with Gasteiger partial charge in [-0.15, -0.1) is 0 Å². The van der Waals surface area contributed by atoms with Crippen molar-refractivity contribution < 1.29 is 22.8 Å². The van der Waals surface area contributed by atoms with Gasteiger partial charge in [-0.2, -0.15) is 18.2 Å². The molecular weight excluding hydrogens is 297 g/mol. The van der Waals surface area contributed by atoms with E-state index in [1.54, 1.807) is 0 Å². The lowest BCUT2D eigenvalue weighted by atomic mass is 9.54. The molecule has 7 heteroatoms. The minimum atomic E-state index is -4.32. The van der Waals surface area contributed by atoms with E-state index in [9.17, 15) is 18.3 Å². The second-order valence-corrected chi connectivity index (χ2v) is 7.44. The molecule has 4 aliphatic carbocycles. The number of nitrogens with zero attached hydrogens (tertiary/aromatic N) is 2. The lowest BCUT2D eigenvalue weighted by Crippen LogP contribution is -2.46. The van der Waals surface area contributed by atoms with Crippen LogP contribution in [0.1, 0.15) is 63.1 Å². The van der Waals surface area contributed by atoms with Gasteiger partial charge in [0.25, 0.3) is 0 Å². The lowest BCUT2D eigenvalue weighted by Gasteiger charge is -2.51. The minimum Gasteiger partial charge on any atom is -0.396 e. The molecule has 0 amide bonds. The lowest BCUT2D eigenvalue weighted by molar-refractivity contribution is -0.166. The maximum atomic E-state index is 13.2. The van der Waals surface area contributed by atoms with E-state index in [1.807, 2.05) is 0 Å². The SMILES string of the molecule is OCC12CCC(c3noc(C4(C(F)(F)F)CC4)n3)(CC1)CC2. The first-order chi connectivity index (χ1) is 10.3. The average Bonchev–Trinajstić information content (AvgIpc) is 3.20. The Labute approximate surface area is 126 Å². The summed E-state index contributed by atoms with van der Waals surface area (Å²) >= 11 is 0. The number of aromatic nitrogens is 2. The number of fused-ring (bicyclic) bond motifs is 3. The number of hydrogen-bond donors (Lipinski definition) is 1. The zero-order chi connectivity index (χ0) is 15.6. The highest BCUT2D eigenvalue weighted by molar-refractivity contribution is 5.22. The van der Waals surface area contributed by atoms with Gasteiger partial charge in [-0.3, -0.25) is 0 Å². The van der Waals surface area contributed by atoms with Crippen LogP contribution in [-0.2, 0) is 10.8 Å². The zero-order valence-corrected chi connectivity index (χ0v) is 12.2. The molecule has 1 N–H and O–H groups in total. The summed E-state index contributed by atoms with van der Waals surface area (Å²) in [5.41, 5.74) is -2.13. The Morgan fingerprint density at radius 3 is 2.05 bits per heavy atom. The topological polar surface area (TPSA) is 59.2 Å². The van der Waals surface area contributed by atoms with Crippen LogP contribution >= 0.6 is 0 Å². The number of halogens is 3. The monoisotopic (exact) mass is 316 g/mol. The summed E-state index contributed by atoms with van der Waals surface area (Å²) in [5, 5.41) is 13.5. The van der Waals surface area contributed by atoms with Crippen molar-refractivity contribution in [3.8, 4) is 0 Å². The fourth-order valence-corrected chi connectivity index (χ4v) is 4.21. The summed E-state index contributed by atoms with van der Waals surface area (Å²) in [5.74, 6) is 0.193. The third-order valence-corrected chi connectivity index (χ3v) is 6.34. The van der Waals surface area contributed by atoms with Crippen LogP contribution in [0.25, 0.3) is 0 Å². The second kappa shape index (κ2) is 4.24. The largest absolute Gasteiger partial charge is 0.403 e. The van der Waals surface area contributed by atoms with Crippen LogP contribution in [0.4, 0.5) is 13.2 Å². The van der Waals surface area contributed by atoms with Crippen molar-refractivity contribution in [2.24, 2.45) is 5.41 Å². The van der Waals surface area contributed by atoms with Gasteiger partial charge in [0.05, 0.1) is 0 Å². The van der Waals surface area contributed by atoms with Crippen molar-refractivity contribution in [1.29, 1.82) is 0 Å². The molecule has 0 spiro atoms. The van der Waals surface area contributed by atoms with E-state index < -0.39 is 11.6 Å². The molecule has 1 aromatic rings. The Bertz CT molecular complexity index is 567. The van der Waals surface area contributed by atoms with Crippen LogP contribution in [0, 0.1) is 5.41 Å². The van der Waals surface area contributed by atoms with Crippen molar-refractivity contribution in [3.05, 3.63) is 11.7 Å². The van der Waals surface area contributed by atoms with Gasteiger partial charge in [0.1, 0.15) is 5.41 Å². The normalized spacial score (nSPS) is 36.5. The van der Waals surface area contributed by atoms with Gasteiger partial charge in [-0.05, 0) is 56.8 Å². The van der Waals surface area contributed by atoms with Crippen LogP contribution in [0.2, 0.25) is 0 Å². The van der Waals surface area contributed by atoms with Gasteiger partial charge in [-0.1, -0.05) is 5.16 Å². The maximum Gasteiger partial charge on any atom is 0.403 e. The van der Waals surface area contributed by atoms with E-state index >= 15 is 0 Å². The second-order valence-electron chi connectivity index (χ2n) is 7.44. The first-order valence-electron chi connectivity index (χ1n) is 7.87. The maximum absolute atomic E-state index is 13.2. The number of rotatable bonds is 3. The molecule has 0 aliphatic heterocycles. The molecule has 122 valence electrons. The molecule has 2 bridgehead atoms. The van der Waals surface area contributed by atoms with Gasteiger partial charge >= 0.3 is 6.18 Å². The summed E-state index contributed by atoms with van der Waals surface area (Å²) in [6, 6.07) is 0.